The zero-order chi connectivity index (χ0) is 15.5. The Labute approximate surface area is 130 Å². The average Bonchev–Trinajstić information content (AvgIpc) is 2.46. The summed E-state index contributed by atoms with van der Waals surface area (Å²) in [4.78, 5) is 10.7. The molecule has 1 atom stereocenters. The number of thioether (sulfide) groups is 1. The van der Waals surface area contributed by atoms with Crippen LogP contribution in [0, 0.1) is 6.42 Å². The Hall–Kier alpha value is -1.16. The summed E-state index contributed by atoms with van der Waals surface area (Å²) in [6, 6.07) is 5.67. The number of phenolic OH excluding ortho intramolecular Hbond substituents is 1. The molecule has 1 aliphatic carbocycles. The van der Waals surface area contributed by atoms with Gasteiger partial charge in [-0.2, -0.15) is 11.8 Å². The number of carbonyl (C=O) groups is 1. The van der Waals surface area contributed by atoms with Crippen molar-refractivity contribution in [1.82, 2.24) is 0 Å². The molecular formula is C17H23O3S. The Balaban J connectivity index is 2.21. The predicted octanol–water partition coefficient (Wildman–Crippen LogP) is 3.79. The van der Waals surface area contributed by atoms with Crippen molar-refractivity contribution in [3.8, 4) is 5.75 Å². The summed E-state index contributed by atoms with van der Waals surface area (Å²) < 4.78 is 0. The molecule has 2 rings (SSSR count). The van der Waals surface area contributed by atoms with Gasteiger partial charge in [0.2, 0.25) is 0 Å². The highest BCUT2D eigenvalue weighted by Gasteiger charge is 2.38. The summed E-state index contributed by atoms with van der Waals surface area (Å²) in [5, 5.41) is 18.9. The van der Waals surface area contributed by atoms with Gasteiger partial charge in [-0.25, -0.2) is 0 Å². The topological polar surface area (TPSA) is 57.5 Å². The van der Waals surface area contributed by atoms with E-state index in [-0.39, 0.29) is 11.8 Å². The zero-order valence-electron chi connectivity index (χ0n) is 12.6. The third kappa shape index (κ3) is 3.54. The fourth-order valence-electron chi connectivity index (χ4n) is 3.20. The van der Waals surface area contributed by atoms with Gasteiger partial charge < -0.3 is 10.2 Å². The number of benzene rings is 1. The van der Waals surface area contributed by atoms with Crippen LogP contribution in [0.5, 0.6) is 5.75 Å². The molecule has 0 fully saturated rings. The first-order valence-corrected chi connectivity index (χ1v) is 8.57. The molecule has 2 N–H and O–H groups in total. The van der Waals surface area contributed by atoms with Crippen LogP contribution in [0.1, 0.15) is 44.2 Å². The Bertz CT molecular complexity index is 509. The van der Waals surface area contributed by atoms with Crippen LogP contribution >= 0.6 is 11.8 Å². The molecule has 21 heavy (non-hydrogen) atoms. The van der Waals surface area contributed by atoms with E-state index in [4.69, 9.17) is 5.11 Å². The summed E-state index contributed by atoms with van der Waals surface area (Å²) in [5.41, 5.74) is 2.52. The second-order valence-corrected chi connectivity index (χ2v) is 6.98. The van der Waals surface area contributed by atoms with Crippen molar-refractivity contribution in [1.29, 1.82) is 0 Å². The van der Waals surface area contributed by atoms with Gasteiger partial charge in [0, 0.05) is 11.0 Å². The van der Waals surface area contributed by atoms with E-state index in [9.17, 15) is 9.90 Å². The van der Waals surface area contributed by atoms with Gasteiger partial charge in [0.25, 0.3) is 0 Å². The first-order valence-electron chi connectivity index (χ1n) is 7.52. The van der Waals surface area contributed by atoms with Crippen molar-refractivity contribution < 1.29 is 15.0 Å². The molecule has 0 aliphatic heterocycles. The number of aliphatic carboxylic acids is 1. The molecule has 1 unspecified atom stereocenters. The van der Waals surface area contributed by atoms with E-state index in [0.717, 1.165) is 19.3 Å². The van der Waals surface area contributed by atoms with Crippen LogP contribution in [0.2, 0.25) is 0 Å². The lowest BCUT2D eigenvalue weighted by atomic mass is 9.66. The molecule has 3 nitrogen and oxygen atoms in total. The van der Waals surface area contributed by atoms with Crippen molar-refractivity contribution in [2.45, 2.75) is 50.2 Å². The third-order valence-corrected chi connectivity index (χ3v) is 5.64. The molecular weight excluding hydrogens is 284 g/mol. The van der Waals surface area contributed by atoms with Crippen LogP contribution in [0.15, 0.2) is 18.2 Å². The zero-order valence-corrected chi connectivity index (χ0v) is 13.4. The first kappa shape index (κ1) is 16.2. The minimum atomic E-state index is -0.735. The van der Waals surface area contributed by atoms with Crippen LogP contribution in [0.3, 0.4) is 0 Å². The quantitative estimate of drug-likeness (QED) is 0.839. The van der Waals surface area contributed by atoms with Gasteiger partial charge in [0.15, 0.2) is 0 Å². The maximum absolute atomic E-state index is 10.7. The van der Waals surface area contributed by atoms with Crippen molar-refractivity contribution in [2.75, 3.05) is 5.75 Å². The molecule has 1 aromatic carbocycles. The number of phenols is 1. The van der Waals surface area contributed by atoms with Gasteiger partial charge in [-0.05, 0) is 54.4 Å². The Kier molecular flexibility index (Phi) is 5.20. The monoisotopic (exact) mass is 307 g/mol. The highest BCUT2D eigenvalue weighted by Crippen LogP contribution is 2.45. The smallest absolute Gasteiger partial charge is 0.304 e. The molecule has 1 aliphatic rings. The molecule has 0 saturated heterocycles. The van der Waals surface area contributed by atoms with E-state index in [1.165, 1.54) is 11.1 Å². The summed E-state index contributed by atoms with van der Waals surface area (Å²) >= 11 is 1.73. The summed E-state index contributed by atoms with van der Waals surface area (Å²) in [6.07, 6.45) is 5.50. The summed E-state index contributed by atoms with van der Waals surface area (Å²) in [5.74, 6) is 0.235. The summed E-state index contributed by atoms with van der Waals surface area (Å²) in [6.45, 7) is 4.36. The normalized spacial score (nSPS) is 20.0. The second-order valence-electron chi connectivity index (χ2n) is 5.63. The average molecular weight is 307 g/mol. The minimum Gasteiger partial charge on any atom is -0.508 e. The number of hydrogen-bond acceptors (Lipinski definition) is 3. The van der Waals surface area contributed by atoms with Crippen LogP contribution in [0.25, 0.3) is 0 Å². The fraction of sp³-hybridized carbons (Fsp3) is 0.529. The van der Waals surface area contributed by atoms with Gasteiger partial charge in [0.05, 0.1) is 6.42 Å². The van der Waals surface area contributed by atoms with Crippen molar-refractivity contribution in [2.24, 2.45) is 0 Å². The van der Waals surface area contributed by atoms with E-state index in [1.807, 2.05) is 12.1 Å². The van der Waals surface area contributed by atoms with Gasteiger partial charge >= 0.3 is 5.97 Å². The van der Waals surface area contributed by atoms with Crippen LogP contribution in [-0.4, -0.2) is 27.2 Å². The SMILES string of the molecule is CCC1(CC)[CH]C(SCCC(=O)O)Cc2ccc(O)cc21. The van der Waals surface area contributed by atoms with Gasteiger partial charge in [-0.1, -0.05) is 19.9 Å². The van der Waals surface area contributed by atoms with Crippen molar-refractivity contribution >= 4 is 17.7 Å². The molecule has 0 spiro atoms. The van der Waals surface area contributed by atoms with Crippen molar-refractivity contribution in [3.05, 3.63) is 35.7 Å². The Morgan fingerprint density at radius 3 is 2.71 bits per heavy atom. The van der Waals surface area contributed by atoms with Gasteiger partial charge in [0.1, 0.15) is 5.75 Å². The fourth-order valence-corrected chi connectivity index (χ4v) is 4.45. The lowest BCUT2D eigenvalue weighted by molar-refractivity contribution is -0.136. The first-order chi connectivity index (χ1) is 10.0. The van der Waals surface area contributed by atoms with E-state index in [2.05, 4.69) is 20.3 Å². The maximum atomic E-state index is 10.7. The van der Waals surface area contributed by atoms with Crippen LogP contribution < -0.4 is 0 Å². The van der Waals surface area contributed by atoms with Crippen LogP contribution in [-0.2, 0) is 16.6 Å². The molecule has 0 heterocycles. The van der Waals surface area contributed by atoms with E-state index >= 15 is 0 Å². The molecule has 0 saturated carbocycles. The molecule has 0 amide bonds. The third-order valence-electron chi connectivity index (χ3n) is 4.47. The largest absolute Gasteiger partial charge is 0.508 e. The highest BCUT2D eigenvalue weighted by atomic mass is 32.2. The van der Waals surface area contributed by atoms with E-state index in [1.54, 1.807) is 17.8 Å². The molecule has 1 aromatic rings. The molecule has 4 heteroatoms. The molecule has 0 bridgehead atoms. The number of carboxylic acid groups (broad SMARTS) is 1. The van der Waals surface area contributed by atoms with E-state index < -0.39 is 5.97 Å². The minimum absolute atomic E-state index is 0.00673. The van der Waals surface area contributed by atoms with Crippen LogP contribution in [0.4, 0.5) is 0 Å². The van der Waals surface area contributed by atoms with Gasteiger partial charge in [-0.3, -0.25) is 4.79 Å². The Morgan fingerprint density at radius 2 is 2.10 bits per heavy atom. The molecule has 0 aromatic heterocycles. The standard InChI is InChI=1S/C17H23O3S/c1-3-17(4-2)11-14(21-8-7-16(19)20)9-12-5-6-13(18)10-15(12)17/h5-6,10-11,14,18H,3-4,7-9H2,1-2H3,(H,19,20). The summed E-state index contributed by atoms with van der Waals surface area (Å²) in [7, 11) is 0. The Morgan fingerprint density at radius 1 is 1.38 bits per heavy atom. The molecule has 115 valence electrons. The number of fused-ring (bicyclic) bond motifs is 1. The lowest BCUT2D eigenvalue weighted by Crippen LogP contribution is -2.36. The number of hydrogen-bond donors (Lipinski definition) is 2. The van der Waals surface area contributed by atoms with E-state index in [0.29, 0.717) is 16.8 Å². The number of rotatable bonds is 6. The number of aromatic hydroxyl groups is 1. The second kappa shape index (κ2) is 6.73. The number of carboxylic acids is 1. The predicted molar refractivity (Wildman–Crippen MR) is 86.9 cm³/mol. The lowest BCUT2D eigenvalue weighted by Gasteiger charge is -2.41. The van der Waals surface area contributed by atoms with Gasteiger partial charge in [-0.15, -0.1) is 0 Å². The molecule has 1 radical (unpaired) electrons. The van der Waals surface area contributed by atoms with Crippen molar-refractivity contribution in [3.63, 3.8) is 0 Å². The maximum Gasteiger partial charge on any atom is 0.304 e. The highest BCUT2D eigenvalue weighted by molar-refractivity contribution is 8.00.